The maximum absolute atomic E-state index is 12.6. The van der Waals surface area contributed by atoms with E-state index in [0.29, 0.717) is 25.1 Å². The van der Waals surface area contributed by atoms with E-state index in [4.69, 9.17) is 9.47 Å². The number of hydrogen-bond acceptors (Lipinski definition) is 5. The van der Waals surface area contributed by atoms with E-state index in [1.54, 1.807) is 7.11 Å². The van der Waals surface area contributed by atoms with Gasteiger partial charge in [0.1, 0.15) is 0 Å². The molecule has 2 aromatic rings. The summed E-state index contributed by atoms with van der Waals surface area (Å²) in [6.07, 6.45) is 0. The van der Waals surface area contributed by atoms with Crippen LogP contribution in [0, 0.1) is 0 Å². The Hall–Kier alpha value is -2.38. The predicted octanol–water partition coefficient (Wildman–Crippen LogP) is 1.79. The Labute approximate surface area is 146 Å². The highest BCUT2D eigenvalue weighted by Crippen LogP contribution is 2.21. The van der Waals surface area contributed by atoms with Crippen molar-refractivity contribution in [2.24, 2.45) is 0 Å². The molecule has 1 aromatic carbocycles. The summed E-state index contributed by atoms with van der Waals surface area (Å²) in [6, 6.07) is 9.69. The number of morpholine rings is 1. The number of ether oxygens (including phenoxy) is 2. The standard InChI is InChI=1S/C18H22N4O3/c1-24-17-5-2-13-10-14(3-4-16(13)20-17)19-18(23)22-7-6-21-8-9-25-12-15(21)11-22/h2-5,10,15H,6-9,11-12H2,1H3,(H,19,23)/t15-/m0/s1. The summed E-state index contributed by atoms with van der Waals surface area (Å²) in [6.45, 7) is 4.81. The van der Waals surface area contributed by atoms with E-state index in [9.17, 15) is 4.79 Å². The van der Waals surface area contributed by atoms with Crippen molar-refractivity contribution in [2.45, 2.75) is 6.04 Å². The minimum Gasteiger partial charge on any atom is -0.481 e. The monoisotopic (exact) mass is 342 g/mol. The van der Waals surface area contributed by atoms with Crippen LogP contribution in [0.25, 0.3) is 10.9 Å². The van der Waals surface area contributed by atoms with Gasteiger partial charge in [-0.15, -0.1) is 0 Å². The second-order valence-electron chi connectivity index (χ2n) is 6.40. The SMILES string of the molecule is COc1ccc2cc(NC(=O)N3CCN4CCOC[C@@H]4C3)ccc2n1. The zero-order chi connectivity index (χ0) is 17.2. The van der Waals surface area contributed by atoms with E-state index in [2.05, 4.69) is 15.2 Å². The highest BCUT2D eigenvalue weighted by molar-refractivity contribution is 5.92. The number of fused-ring (bicyclic) bond motifs is 2. The fraction of sp³-hybridized carbons (Fsp3) is 0.444. The van der Waals surface area contributed by atoms with E-state index in [1.807, 2.05) is 35.2 Å². The second-order valence-corrected chi connectivity index (χ2v) is 6.40. The first-order chi connectivity index (χ1) is 12.2. The predicted molar refractivity (Wildman–Crippen MR) is 95.1 cm³/mol. The Balaban J connectivity index is 1.44. The van der Waals surface area contributed by atoms with Gasteiger partial charge in [0.25, 0.3) is 0 Å². The number of hydrogen-bond donors (Lipinski definition) is 1. The number of amides is 2. The fourth-order valence-electron chi connectivity index (χ4n) is 3.43. The summed E-state index contributed by atoms with van der Waals surface area (Å²) >= 11 is 0. The first kappa shape index (κ1) is 16.1. The third kappa shape index (κ3) is 3.38. The van der Waals surface area contributed by atoms with Crippen molar-refractivity contribution in [1.82, 2.24) is 14.8 Å². The smallest absolute Gasteiger partial charge is 0.321 e. The molecule has 0 unspecified atom stereocenters. The number of nitrogens with zero attached hydrogens (tertiary/aromatic N) is 3. The minimum absolute atomic E-state index is 0.0638. The molecule has 1 aromatic heterocycles. The van der Waals surface area contributed by atoms with Crippen LogP contribution in [0.1, 0.15) is 0 Å². The van der Waals surface area contributed by atoms with Gasteiger partial charge in [0.15, 0.2) is 0 Å². The van der Waals surface area contributed by atoms with Gasteiger partial charge in [-0.1, -0.05) is 0 Å². The molecule has 4 rings (SSSR count). The number of urea groups is 1. The summed E-state index contributed by atoms with van der Waals surface area (Å²) < 4.78 is 10.7. The first-order valence-corrected chi connectivity index (χ1v) is 8.55. The lowest BCUT2D eigenvalue weighted by Crippen LogP contribution is -2.59. The molecule has 7 nitrogen and oxygen atoms in total. The molecule has 0 aliphatic carbocycles. The number of benzene rings is 1. The molecule has 2 aliphatic heterocycles. The molecular formula is C18H22N4O3. The van der Waals surface area contributed by atoms with E-state index in [0.717, 1.165) is 42.8 Å². The molecule has 0 spiro atoms. The maximum Gasteiger partial charge on any atom is 0.321 e. The topological polar surface area (TPSA) is 66.9 Å². The molecule has 25 heavy (non-hydrogen) atoms. The van der Waals surface area contributed by atoms with Crippen LogP contribution in [-0.2, 0) is 4.74 Å². The van der Waals surface area contributed by atoms with Crippen LogP contribution in [0.3, 0.4) is 0 Å². The van der Waals surface area contributed by atoms with E-state index < -0.39 is 0 Å². The van der Waals surface area contributed by atoms with Crippen molar-refractivity contribution in [3.8, 4) is 5.88 Å². The summed E-state index contributed by atoms with van der Waals surface area (Å²) in [7, 11) is 1.60. The molecule has 2 aliphatic rings. The molecule has 132 valence electrons. The summed E-state index contributed by atoms with van der Waals surface area (Å²) in [5, 5.41) is 3.96. The van der Waals surface area contributed by atoms with Crippen molar-refractivity contribution < 1.29 is 14.3 Å². The van der Waals surface area contributed by atoms with Gasteiger partial charge in [0.05, 0.1) is 31.9 Å². The number of carbonyl (C=O) groups is 1. The van der Waals surface area contributed by atoms with Crippen LogP contribution < -0.4 is 10.1 Å². The normalized spacial score (nSPS) is 21.0. The van der Waals surface area contributed by atoms with Gasteiger partial charge >= 0.3 is 6.03 Å². The quantitative estimate of drug-likeness (QED) is 0.901. The van der Waals surface area contributed by atoms with Gasteiger partial charge < -0.3 is 19.7 Å². The minimum atomic E-state index is -0.0638. The van der Waals surface area contributed by atoms with Crippen molar-refractivity contribution in [2.75, 3.05) is 51.8 Å². The van der Waals surface area contributed by atoms with Crippen LogP contribution in [0.15, 0.2) is 30.3 Å². The van der Waals surface area contributed by atoms with Crippen molar-refractivity contribution in [3.63, 3.8) is 0 Å². The van der Waals surface area contributed by atoms with Gasteiger partial charge in [-0.3, -0.25) is 4.90 Å². The lowest BCUT2D eigenvalue weighted by Gasteiger charge is -2.43. The van der Waals surface area contributed by atoms with E-state index in [1.165, 1.54) is 0 Å². The molecule has 2 fully saturated rings. The Morgan fingerprint density at radius 1 is 1.28 bits per heavy atom. The average Bonchev–Trinajstić information content (AvgIpc) is 2.67. The zero-order valence-corrected chi connectivity index (χ0v) is 14.3. The molecule has 7 heteroatoms. The van der Waals surface area contributed by atoms with E-state index in [-0.39, 0.29) is 6.03 Å². The molecule has 1 atom stereocenters. The highest BCUT2D eigenvalue weighted by atomic mass is 16.5. The molecule has 0 bridgehead atoms. The average molecular weight is 342 g/mol. The number of anilines is 1. The lowest BCUT2D eigenvalue weighted by atomic mass is 10.1. The Morgan fingerprint density at radius 2 is 2.20 bits per heavy atom. The highest BCUT2D eigenvalue weighted by Gasteiger charge is 2.31. The van der Waals surface area contributed by atoms with Crippen LogP contribution in [0.5, 0.6) is 5.88 Å². The second kappa shape index (κ2) is 6.85. The molecule has 3 heterocycles. The number of carbonyl (C=O) groups excluding carboxylic acids is 1. The molecular weight excluding hydrogens is 320 g/mol. The zero-order valence-electron chi connectivity index (χ0n) is 14.3. The number of aromatic nitrogens is 1. The van der Waals surface area contributed by atoms with Crippen LogP contribution >= 0.6 is 0 Å². The molecule has 0 radical (unpaired) electrons. The Bertz CT molecular complexity index is 782. The van der Waals surface area contributed by atoms with Gasteiger partial charge in [0, 0.05) is 43.3 Å². The summed E-state index contributed by atoms with van der Waals surface area (Å²) in [4.78, 5) is 21.3. The third-order valence-corrected chi connectivity index (χ3v) is 4.85. The molecule has 2 amide bonds. The third-order valence-electron chi connectivity index (χ3n) is 4.85. The molecule has 0 saturated carbocycles. The fourth-order valence-corrected chi connectivity index (χ4v) is 3.43. The number of nitrogens with one attached hydrogen (secondary N) is 1. The lowest BCUT2D eigenvalue weighted by molar-refractivity contribution is -0.0355. The first-order valence-electron chi connectivity index (χ1n) is 8.55. The van der Waals surface area contributed by atoms with Gasteiger partial charge in [-0.05, 0) is 24.3 Å². The van der Waals surface area contributed by atoms with Crippen LogP contribution in [-0.4, -0.2) is 73.4 Å². The molecule has 1 N–H and O–H groups in total. The van der Waals surface area contributed by atoms with Crippen LogP contribution in [0.4, 0.5) is 10.5 Å². The van der Waals surface area contributed by atoms with Gasteiger partial charge in [-0.25, -0.2) is 9.78 Å². The van der Waals surface area contributed by atoms with Gasteiger partial charge in [-0.2, -0.15) is 0 Å². The number of pyridine rings is 1. The largest absolute Gasteiger partial charge is 0.481 e. The van der Waals surface area contributed by atoms with Crippen molar-refractivity contribution in [1.29, 1.82) is 0 Å². The number of rotatable bonds is 2. The van der Waals surface area contributed by atoms with Gasteiger partial charge in [0.2, 0.25) is 5.88 Å². The summed E-state index contributed by atoms with van der Waals surface area (Å²) in [5.41, 5.74) is 1.61. The Kier molecular flexibility index (Phi) is 4.42. The van der Waals surface area contributed by atoms with Crippen LogP contribution in [0.2, 0.25) is 0 Å². The Morgan fingerprint density at radius 3 is 3.08 bits per heavy atom. The summed E-state index contributed by atoms with van der Waals surface area (Å²) in [5.74, 6) is 0.580. The number of piperazine rings is 1. The number of methoxy groups -OCH3 is 1. The van der Waals surface area contributed by atoms with Crippen molar-refractivity contribution >= 4 is 22.6 Å². The molecule has 2 saturated heterocycles. The van der Waals surface area contributed by atoms with Crippen molar-refractivity contribution in [3.05, 3.63) is 30.3 Å². The van der Waals surface area contributed by atoms with E-state index >= 15 is 0 Å². The maximum atomic E-state index is 12.6.